The molecule has 0 aromatic heterocycles. The number of amides is 1. The van der Waals surface area contributed by atoms with E-state index in [9.17, 15) is 4.79 Å². The Labute approximate surface area is 168 Å². The van der Waals surface area contributed by atoms with Gasteiger partial charge in [0.2, 0.25) is 5.91 Å². The van der Waals surface area contributed by atoms with Crippen LogP contribution in [0.5, 0.6) is 0 Å². The molecule has 2 aliphatic heterocycles. The molecule has 0 spiro atoms. The second-order valence-corrected chi connectivity index (χ2v) is 8.10. The van der Waals surface area contributed by atoms with Gasteiger partial charge in [-0.1, -0.05) is 29.8 Å². The molecule has 2 heterocycles. The van der Waals surface area contributed by atoms with Crippen molar-refractivity contribution in [1.29, 1.82) is 0 Å². The fraction of sp³-hybridized carbons (Fsp3) is 0.458. The summed E-state index contributed by atoms with van der Waals surface area (Å²) in [4.78, 5) is 19.6. The molecule has 4 rings (SSSR count). The zero-order valence-corrected chi connectivity index (χ0v) is 16.9. The van der Waals surface area contributed by atoms with Gasteiger partial charge in [-0.3, -0.25) is 4.79 Å². The first-order valence-electron chi connectivity index (χ1n) is 10.6. The van der Waals surface area contributed by atoms with E-state index in [2.05, 4.69) is 53.1 Å². The summed E-state index contributed by atoms with van der Waals surface area (Å²) in [6, 6.07) is 17.3. The van der Waals surface area contributed by atoms with Gasteiger partial charge >= 0.3 is 0 Å². The lowest BCUT2D eigenvalue weighted by atomic mass is 10.1. The van der Waals surface area contributed by atoms with Crippen LogP contribution < -0.4 is 9.80 Å². The molecule has 4 nitrogen and oxygen atoms in total. The Morgan fingerprint density at radius 2 is 1.39 bits per heavy atom. The summed E-state index contributed by atoms with van der Waals surface area (Å²) in [5.74, 6) is 0.241. The molecular weight excluding hydrogens is 346 g/mol. The van der Waals surface area contributed by atoms with Gasteiger partial charge in [0.25, 0.3) is 0 Å². The van der Waals surface area contributed by atoms with Gasteiger partial charge in [-0.05, 0) is 56.0 Å². The molecule has 0 N–H and O–H groups in total. The number of rotatable bonds is 4. The monoisotopic (exact) mass is 377 g/mol. The zero-order chi connectivity index (χ0) is 19.3. The fourth-order valence-corrected chi connectivity index (χ4v) is 4.35. The lowest BCUT2D eigenvalue weighted by Gasteiger charge is -2.36. The Morgan fingerprint density at radius 3 is 2.00 bits per heavy atom. The van der Waals surface area contributed by atoms with E-state index < -0.39 is 0 Å². The Hall–Kier alpha value is -2.49. The van der Waals surface area contributed by atoms with Gasteiger partial charge in [0.1, 0.15) is 0 Å². The summed E-state index contributed by atoms with van der Waals surface area (Å²) in [5, 5.41) is 0. The molecule has 1 amide bonds. The van der Waals surface area contributed by atoms with Crippen molar-refractivity contribution in [3.05, 3.63) is 59.7 Å². The van der Waals surface area contributed by atoms with Crippen LogP contribution in [0.15, 0.2) is 48.5 Å². The number of carbonyl (C=O) groups excluding carboxylic acids is 1. The number of piperidine rings is 1. The van der Waals surface area contributed by atoms with Crippen molar-refractivity contribution in [3.63, 3.8) is 0 Å². The number of anilines is 2. The van der Waals surface area contributed by atoms with Crippen LogP contribution >= 0.6 is 0 Å². The number of benzene rings is 2. The number of piperazine rings is 1. The Bertz CT molecular complexity index is 788. The first-order chi connectivity index (χ1) is 13.7. The van der Waals surface area contributed by atoms with Crippen molar-refractivity contribution >= 4 is 17.3 Å². The summed E-state index contributed by atoms with van der Waals surface area (Å²) in [7, 11) is 0. The Kier molecular flexibility index (Phi) is 5.84. The smallest absolute Gasteiger partial charge is 0.227 e. The lowest BCUT2D eigenvalue weighted by molar-refractivity contribution is -0.130. The van der Waals surface area contributed by atoms with Gasteiger partial charge in [-0.25, -0.2) is 0 Å². The topological polar surface area (TPSA) is 26.8 Å². The molecule has 0 unspecified atom stereocenters. The van der Waals surface area contributed by atoms with E-state index >= 15 is 0 Å². The fourth-order valence-electron chi connectivity index (χ4n) is 4.35. The molecule has 0 bridgehead atoms. The van der Waals surface area contributed by atoms with Crippen LogP contribution in [-0.4, -0.2) is 50.1 Å². The minimum Gasteiger partial charge on any atom is -0.372 e. The minimum atomic E-state index is 0.241. The second-order valence-electron chi connectivity index (χ2n) is 8.10. The first kappa shape index (κ1) is 18.9. The van der Waals surface area contributed by atoms with E-state index in [1.54, 1.807) is 0 Å². The highest BCUT2D eigenvalue weighted by Crippen LogP contribution is 2.24. The van der Waals surface area contributed by atoms with E-state index in [1.165, 1.54) is 49.3 Å². The van der Waals surface area contributed by atoms with Crippen molar-refractivity contribution in [2.24, 2.45) is 0 Å². The van der Waals surface area contributed by atoms with Gasteiger partial charge in [-0.2, -0.15) is 0 Å². The first-order valence-corrected chi connectivity index (χ1v) is 10.6. The van der Waals surface area contributed by atoms with Crippen LogP contribution in [0.4, 0.5) is 11.4 Å². The van der Waals surface area contributed by atoms with Crippen LogP contribution in [-0.2, 0) is 11.2 Å². The third-order valence-electron chi connectivity index (χ3n) is 6.01. The Balaban J connectivity index is 1.30. The summed E-state index contributed by atoms with van der Waals surface area (Å²) >= 11 is 0. The van der Waals surface area contributed by atoms with E-state index in [0.29, 0.717) is 6.42 Å². The maximum Gasteiger partial charge on any atom is 0.227 e. The van der Waals surface area contributed by atoms with Crippen molar-refractivity contribution < 1.29 is 4.79 Å². The van der Waals surface area contributed by atoms with E-state index in [-0.39, 0.29) is 5.91 Å². The maximum absolute atomic E-state index is 12.6. The van der Waals surface area contributed by atoms with Crippen LogP contribution in [0, 0.1) is 6.92 Å². The molecule has 0 aliphatic carbocycles. The molecule has 4 heteroatoms. The third kappa shape index (κ3) is 4.49. The molecule has 2 aromatic rings. The summed E-state index contributed by atoms with van der Waals surface area (Å²) in [6.07, 6.45) is 4.48. The standard InChI is InChI=1S/C24H31N3O/c1-20-6-5-7-21(18-20)19-24(28)27-16-14-26(15-17-27)23-10-8-22(9-11-23)25-12-3-2-4-13-25/h5-11,18H,2-4,12-17,19H2,1H3. The minimum absolute atomic E-state index is 0.241. The van der Waals surface area contributed by atoms with Gasteiger partial charge in [0.15, 0.2) is 0 Å². The van der Waals surface area contributed by atoms with E-state index in [1.807, 2.05) is 17.0 Å². The number of hydrogen-bond acceptors (Lipinski definition) is 3. The molecule has 148 valence electrons. The quantitative estimate of drug-likeness (QED) is 0.809. The van der Waals surface area contributed by atoms with Gasteiger partial charge in [0.05, 0.1) is 6.42 Å². The van der Waals surface area contributed by atoms with Crippen molar-refractivity contribution in [2.45, 2.75) is 32.6 Å². The molecule has 28 heavy (non-hydrogen) atoms. The molecule has 0 radical (unpaired) electrons. The molecule has 2 fully saturated rings. The van der Waals surface area contributed by atoms with Crippen molar-refractivity contribution in [1.82, 2.24) is 4.90 Å². The molecule has 0 atom stereocenters. The number of aryl methyl sites for hydroxylation is 1. The second kappa shape index (κ2) is 8.68. The largest absolute Gasteiger partial charge is 0.372 e. The summed E-state index contributed by atoms with van der Waals surface area (Å²) in [5.41, 5.74) is 4.94. The molecular formula is C24H31N3O. The highest BCUT2D eigenvalue weighted by atomic mass is 16.2. The number of carbonyl (C=O) groups is 1. The van der Waals surface area contributed by atoms with Crippen molar-refractivity contribution in [2.75, 3.05) is 49.1 Å². The van der Waals surface area contributed by atoms with Gasteiger partial charge in [0, 0.05) is 50.6 Å². The molecule has 2 aliphatic rings. The van der Waals surface area contributed by atoms with Crippen molar-refractivity contribution in [3.8, 4) is 0 Å². The van der Waals surface area contributed by atoms with E-state index in [4.69, 9.17) is 0 Å². The predicted molar refractivity (Wildman–Crippen MR) is 116 cm³/mol. The SMILES string of the molecule is Cc1cccc(CC(=O)N2CCN(c3ccc(N4CCCCC4)cc3)CC2)c1. The van der Waals surface area contributed by atoms with Gasteiger partial charge in [-0.15, -0.1) is 0 Å². The highest BCUT2D eigenvalue weighted by molar-refractivity contribution is 5.79. The molecule has 2 aromatic carbocycles. The summed E-state index contributed by atoms with van der Waals surface area (Å²) < 4.78 is 0. The molecule has 0 saturated carbocycles. The van der Waals surface area contributed by atoms with Crippen LogP contribution in [0.25, 0.3) is 0 Å². The average Bonchev–Trinajstić information content (AvgIpc) is 2.75. The third-order valence-corrected chi connectivity index (χ3v) is 6.01. The van der Waals surface area contributed by atoms with Crippen LogP contribution in [0.1, 0.15) is 30.4 Å². The lowest BCUT2D eigenvalue weighted by Crippen LogP contribution is -2.49. The Morgan fingerprint density at radius 1 is 0.786 bits per heavy atom. The summed E-state index contributed by atoms with van der Waals surface area (Å²) in [6.45, 7) is 7.85. The highest BCUT2D eigenvalue weighted by Gasteiger charge is 2.21. The van der Waals surface area contributed by atoms with Gasteiger partial charge < -0.3 is 14.7 Å². The maximum atomic E-state index is 12.6. The van der Waals surface area contributed by atoms with E-state index in [0.717, 1.165) is 31.7 Å². The predicted octanol–water partition coefficient (Wildman–Crippen LogP) is 3.88. The average molecular weight is 378 g/mol. The number of nitrogens with zero attached hydrogens (tertiary/aromatic N) is 3. The van der Waals surface area contributed by atoms with Crippen LogP contribution in [0.3, 0.4) is 0 Å². The normalized spacial score (nSPS) is 17.7. The zero-order valence-electron chi connectivity index (χ0n) is 16.9. The van der Waals surface area contributed by atoms with Crippen LogP contribution in [0.2, 0.25) is 0 Å². The molecule has 2 saturated heterocycles. The number of hydrogen-bond donors (Lipinski definition) is 0.